The number of para-hydroxylation sites is 3. The molecular formula is C55H48BN3O2. The molecule has 9 aromatic rings. The highest BCUT2D eigenvalue weighted by molar-refractivity contribution is 7.00. The van der Waals surface area contributed by atoms with Crippen molar-refractivity contribution in [3.63, 3.8) is 0 Å². The summed E-state index contributed by atoms with van der Waals surface area (Å²) in [7, 11) is 0. The fourth-order valence-corrected chi connectivity index (χ4v) is 9.59. The van der Waals surface area contributed by atoms with Gasteiger partial charge in [0.05, 0.1) is 17.0 Å². The quantitative estimate of drug-likeness (QED) is 0.162. The van der Waals surface area contributed by atoms with Crippen LogP contribution in [0.3, 0.4) is 0 Å². The molecular weight excluding hydrogens is 745 g/mol. The van der Waals surface area contributed by atoms with Gasteiger partial charge in [0.25, 0.3) is 6.71 Å². The van der Waals surface area contributed by atoms with E-state index < -0.39 is 0 Å². The van der Waals surface area contributed by atoms with Crippen LogP contribution in [0.2, 0.25) is 0 Å². The van der Waals surface area contributed by atoms with Gasteiger partial charge in [0, 0.05) is 50.6 Å². The Morgan fingerprint density at radius 2 is 1.13 bits per heavy atom. The molecule has 0 saturated heterocycles. The maximum Gasteiger partial charge on any atom is 0.297 e. The lowest BCUT2D eigenvalue weighted by molar-refractivity contribution is 0.590. The summed E-state index contributed by atoms with van der Waals surface area (Å²) in [4.78, 5) is 7.26. The van der Waals surface area contributed by atoms with Gasteiger partial charge in [-0.3, -0.25) is 0 Å². The molecule has 0 aliphatic carbocycles. The minimum atomic E-state index is -0.184. The zero-order valence-corrected chi connectivity index (χ0v) is 35.8. The third-order valence-electron chi connectivity index (χ3n) is 12.6. The summed E-state index contributed by atoms with van der Waals surface area (Å²) in [5, 5.41) is 2.15. The molecule has 0 saturated carbocycles. The third-order valence-corrected chi connectivity index (χ3v) is 12.6. The first-order valence-electron chi connectivity index (χ1n) is 21.4. The SMILES string of the molecule is Cc1cc2c3c(c1)N(c1coc4ccccc14)c1c(oc4ccc(C(C)(C)C)cc14)B3c1ccc(N(c3ccccc3)c3ccccc3)cc1N2c1ccc(C(C)(C)C)cc1. The van der Waals surface area contributed by atoms with Crippen LogP contribution in [0.25, 0.3) is 21.9 Å². The van der Waals surface area contributed by atoms with Crippen molar-refractivity contribution < 1.29 is 8.83 Å². The van der Waals surface area contributed by atoms with Crippen molar-refractivity contribution in [2.75, 3.05) is 14.7 Å². The fourth-order valence-electron chi connectivity index (χ4n) is 9.59. The minimum Gasteiger partial charge on any atom is -0.468 e. The Hall–Kier alpha value is -6.92. The van der Waals surface area contributed by atoms with Crippen LogP contribution in [0.1, 0.15) is 58.2 Å². The summed E-state index contributed by atoms with van der Waals surface area (Å²) < 4.78 is 13.6. The van der Waals surface area contributed by atoms with Gasteiger partial charge >= 0.3 is 0 Å². The molecule has 2 aromatic heterocycles. The van der Waals surface area contributed by atoms with E-state index in [9.17, 15) is 0 Å². The van der Waals surface area contributed by atoms with Gasteiger partial charge < -0.3 is 23.5 Å². The average molecular weight is 794 g/mol. The number of nitrogens with zero attached hydrogens (tertiary/aromatic N) is 3. The molecule has 5 nitrogen and oxygen atoms in total. The number of rotatable bonds is 5. The molecule has 61 heavy (non-hydrogen) atoms. The summed E-state index contributed by atoms with van der Waals surface area (Å²) in [6.07, 6.45) is 1.92. The molecule has 6 heteroatoms. The van der Waals surface area contributed by atoms with Crippen molar-refractivity contribution in [1.82, 2.24) is 0 Å². The van der Waals surface area contributed by atoms with Gasteiger partial charge in [-0.05, 0) is 130 Å². The van der Waals surface area contributed by atoms with Crippen LogP contribution >= 0.6 is 0 Å². The number of aryl methyl sites for hydroxylation is 1. The van der Waals surface area contributed by atoms with Gasteiger partial charge in [-0.2, -0.15) is 0 Å². The molecule has 2 aliphatic rings. The Labute approximate surface area is 358 Å². The molecule has 0 radical (unpaired) electrons. The monoisotopic (exact) mass is 793 g/mol. The van der Waals surface area contributed by atoms with E-state index >= 15 is 0 Å². The van der Waals surface area contributed by atoms with Gasteiger partial charge in [0.15, 0.2) is 0 Å². The molecule has 11 rings (SSSR count). The highest BCUT2D eigenvalue weighted by Crippen LogP contribution is 2.50. The smallest absolute Gasteiger partial charge is 0.297 e. The van der Waals surface area contributed by atoms with Crippen molar-refractivity contribution in [1.29, 1.82) is 0 Å². The fraction of sp³-hybridized carbons (Fsp3) is 0.164. The number of hydrogen-bond acceptors (Lipinski definition) is 5. The zero-order chi connectivity index (χ0) is 41.8. The van der Waals surface area contributed by atoms with Gasteiger partial charge in [-0.1, -0.05) is 114 Å². The topological polar surface area (TPSA) is 36.0 Å². The van der Waals surface area contributed by atoms with Gasteiger partial charge in [-0.15, -0.1) is 0 Å². The van der Waals surface area contributed by atoms with Crippen molar-refractivity contribution >= 4 is 96.4 Å². The van der Waals surface area contributed by atoms with E-state index in [0.717, 1.165) is 78.8 Å². The van der Waals surface area contributed by atoms with E-state index in [4.69, 9.17) is 8.83 Å². The maximum absolute atomic E-state index is 7.24. The molecule has 0 bridgehead atoms. The van der Waals surface area contributed by atoms with Gasteiger partial charge in [0.1, 0.15) is 17.4 Å². The van der Waals surface area contributed by atoms with Crippen molar-refractivity contribution in [2.24, 2.45) is 0 Å². The van der Waals surface area contributed by atoms with Crippen LogP contribution in [0, 0.1) is 6.92 Å². The second kappa shape index (κ2) is 13.6. The minimum absolute atomic E-state index is 0.0172. The number of fused-ring (bicyclic) bond motifs is 7. The standard InChI is InChI=1S/C55H48BN3O2/c1-35-30-46-51-47(31-35)59(48-34-60-49-21-15-14-20-42(48)49)52-43-32-37(55(5,6)7)24-29-50(43)61-53(52)56(51)44-28-27-41(57(38-16-10-8-11-17-38)39-18-12-9-13-19-39)33-45(44)58(46)40-25-22-36(23-26-40)54(2,3)4/h8-34H,1-7H3. The Morgan fingerprint density at radius 1 is 0.508 bits per heavy atom. The highest BCUT2D eigenvalue weighted by Gasteiger charge is 2.47. The first kappa shape index (κ1) is 37.1. The summed E-state index contributed by atoms with van der Waals surface area (Å²) in [5.74, 6) is 0. The number of hydrogen-bond donors (Lipinski definition) is 0. The summed E-state index contributed by atoms with van der Waals surface area (Å²) in [6, 6.07) is 57.3. The van der Waals surface area contributed by atoms with Gasteiger partial charge in [0.2, 0.25) is 0 Å². The Bertz CT molecular complexity index is 3090. The van der Waals surface area contributed by atoms with Crippen LogP contribution < -0.4 is 31.3 Å². The normalized spacial score (nSPS) is 13.4. The highest BCUT2D eigenvalue weighted by atomic mass is 16.3. The molecule has 0 unspecified atom stereocenters. The first-order valence-corrected chi connectivity index (χ1v) is 21.4. The van der Waals surface area contributed by atoms with E-state index in [1.807, 2.05) is 18.4 Å². The summed E-state index contributed by atoms with van der Waals surface area (Å²) in [5.41, 5.74) is 18.6. The summed E-state index contributed by atoms with van der Waals surface area (Å²) >= 11 is 0. The molecule has 0 fully saturated rings. The maximum atomic E-state index is 7.24. The largest absolute Gasteiger partial charge is 0.468 e. The number of anilines is 9. The lowest BCUT2D eigenvalue weighted by Crippen LogP contribution is -2.61. The van der Waals surface area contributed by atoms with Crippen molar-refractivity contribution in [2.45, 2.75) is 59.3 Å². The van der Waals surface area contributed by atoms with E-state index in [1.54, 1.807) is 0 Å². The number of benzene rings is 7. The lowest BCUT2D eigenvalue weighted by atomic mass is 9.35. The predicted molar refractivity (Wildman–Crippen MR) is 257 cm³/mol. The molecule has 0 atom stereocenters. The number of furan rings is 2. The first-order chi connectivity index (χ1) is 29.4. The van der Waals surface area contributed by atoms with Crippen LogP contribution in [-0.2, 0) is 10.8 Å². The van der Waals surface area contributed by atoms with Gasteiger partial charge in [-0.25, -0.2) is 0 Å². The molecule has 7 aromatic carbocycles. The Kier molecular flexibility index (Phi) is 8.24. The van der Waals surface area contributed by atoms with E-state index in [2.05, 4.69) is 209 Å². The van der Waals surface area contributed by atoms with E-state index in [1.165, 1.54) is 27.6 Å². The van der Waals surface area contributed by atoms with Crippen LogP contribution in [0.4, 0.5) is 51.2 Å². The van der Waals surface area contributed by atoms with Crippen LogP contribution in [0.5, 0.6) is 0 Å². The molecule has 2 aliphatic heterocycles. The predicted octanol–water partition coefficient (Wildman–Crippen LogP) is 13.6. The Morgan fingerprint density at radius 3 is 1.80 bits per heavy atom. The molecule has 0 amide bonds. The molecule has 0 spiro atoms. The van der Waals surface area contributed by atoms with Crippen LogP contribution in [-0.4, -0.2) is 6.71 Å². The second-order valence-corrected chi connectivity index (χ2v) is 18.8. The molecule has 298 valence electrons. The van der Waals surface area contributed by atoms with Crippen molar-refractivity contribution in [3.8, 4) is 0 Å². The third kappa shape index (κ3) is 5.91. The lowest BCUT2D eigenvalue weighted by Gasteiger charge is -2.43. The Balaban J connectivity index is 1.23. The molecule has 0 N–H and O–H groups in total. The summed E-state index contributed by atoms with van der Waals surface area (Å²) in [6.45, 7) is 15.7. The second-order valence-electron chi connectivity index (χ2n) is 18.8. The van der Waals surface area contributed by atoms with Crippen molar-refractivity contribution in [3.05, 3.63) is 181 Å². The molecule has 4 heterocycles. The van der Waals surface area contributed by atoms with E-state index in [0.29, 0.717) is 0 Å². The van der Waals surface area contributed by atoms with E-state index in [-0.39, 0.29) is 17.5 Å². The zero-order valence-electron chi connectivity index (χ0n) is 35.8. The average Bonchev–Trinajstić information content (AvgIpc) is 3.86. The van der Waals surface area contributed by atoms with Crippen LogP contribution in [0.15, 0.2) is 173 Å².